The zero-order valence-electron chi connectivity index (χ0n) is 9.73. The lowest BCUT2D eigenvalue weighted by molar-refractivity contribution is -0.151. The van der Waals surface area contributed by atoms with E-state index in [2.05, 4.69) is 9.47 Å². The number of carbonyl (C=O) groups is 1. The average molecular weight is 318 g/mol. The van der Waals surface area contributed by atoms with E-state index >= 15 is 0 Å². The summed E-state index contributed by atoms with van der Waals surface area (Å²) in [6.45, 7) is -2.59. The first-order valence-electron chi connectivity index (χ1n) is 5.10. The van der Waals surface area contributed by atoms with Crippen LogP contribution in [0, 0.1) is 0 Å². The van der Waals surface area contributed by atoms with Gasteiger partial charge in [-0.25, -0.2) is 13.6 Å². The fourth-order valence-electron chi connectivity index (χ4n) is 0.979. The first-order chi connectivity index (χ1) is 8.89. The predicted octanol–water partition coefficient (Wildman–Crippen LogP) is 3.72. The normalized spacial score (nSPS) is 15.6. The highest BCUT2D eigenvalue weighted by Crippen LogP contribution is 2.24. The summed E-state index contributed by atoms with van der Waals surface area (Å²) in [6.07, 6.45) is -20.2. The Morgan fingerprint density at radius 3 is 1.35 bits per heavy atom. The molecule has 20 heavy (non-hydrogen) atoms. The van der Waals surface area contributed by atoms with E-state index in [4.69, 9.17) is 0 Å². The molecule has 0 aliphatic carbocycles. The molecule has 0 bridgehead atoms. The van der Waals surface area contributed by atoms with Crippen LogP contribution in [0.25, 0.3) is 0 Å². The van der Waals surface area contributed by atoms with Crippen molar-refractivity contribution in [1.29, 1.82) is 0 Å². The van der Waals surface area contributed by atoms with E-state index in [0.29, 0.717) is 0 Å². The van der Waals surface area contributed by atoms with Gasteiger partial charge in [-0.3, -0.25) is 0 Å². The summed E-state index contributed by atoms with van der Waals surface area (Å²) < 4.78 is 103. The summed E-state index contributed by atoms with van der Waals surface area (Å²) >= 11 is 0. The fraction of sp³-hybridized carbons (Fsp3) is 0.889. The molecular weight excluding hydrogens is 308 g/mol. The molecule has 0 fully saturated rings. The highest BCUT2D eigenvalue weighted by atomic mass is 19.4. The second kappa shape index (κ2) is 7.48. The molecule has 0 radical (unpaired) electrons. The Bertz CT molecular complexity index is 273. The van der Waals surface area contributed by atoms with Gasteiger partial charge in [0.05, 0.1) is 12.8 Å². The van der Waals surface area contributed by atoms with Gasteiger partial charge in [0.15, 0.2) is 0 Å². The van der Waals surface area contributed by atoms with E-state index in [0.717, 1.165) is 0 Å². The molecule has 0 N–H and O–H groups in total. The van der Waals surface area contributed by atoms with Crippen molar-refractivity contribution in [2.24, 2.45) is 0 Å². The molecule has 0 rings (SSSR count). The second-order valence-corrected chi connectivity index (χ2v) is 3.71. The highest BCUT2D eigenvalue weighted by molar-refractivity contribution is 5.59. The van der Waals surface area contributed by atoms with E-state index < -0.39 is 56.9 Å². The first-order valence-corrected chi connectivity index (χ1v) is 5.10. The van der Waals surface area contributed by atoms with Gasteiger partial charge in [-0.1, -0.05) is 0 Å². The maximum Gasteiger partial charge on any atom is 0.508 e. The Kier molecular flexibility index (Phi) is 7.00. The van der Waals surface area contributed by atoms with E-state index in [1.165, 1.54) is 0 Å². The van der Waals surface area contributed by atoms with Crippen molar-refractivity contribution in [3.63, 3.8) is 0 Å². The molecule has 0 aliphatic heterocycles. The molecular formula is C9H10F8O3. The van der Waals surface area contributed by atoms with Gasteiger partial charge in [0.25, 0.3) is 0 Å². The van der Waals surface area contributed by atoms with Crippen LogP contribution in [-0.2, 0) is 9.47 Å². The lowest BCUT2D eigenvalue weighted by Gasteiger charge is -2.13. The highest BCUT2D eigenvalue weighted by Gasteiger charge is 2.34. The number of ether oxygens (including phenoxy) is 2. The number of hydrogen-bond donors (Lipinski definition) is 0. The van der Waals surface area contributed by atoms with E-state index in [-0.39, 0.29) is 0 Å². The molecule has 0 aromatic heterocycles. The molecule has 0 spiro atoms. The summed E-state index contributed by atoms with van der Waals surface area (Å²) in [6, 6.07) is 0. The van der Waals surface area contributed by atoms with Gasteiger partial charge in [-0.05, 0) is 0 Å². The zero-order valence-corrected chi connectivity index (χ0v) is 9.73. The molecule has 120 valence electrons. The Morgan fingerprint density at radius 1 is 0.800 bits per heavy atom. The van der Waals surface area contributed by atoms with Gasteiger partial charge >= 0.3 is 18.5 Å². The first kappa shape index (κ1) is 18.7. The molecule has 3 nitrogen and oxygen atoms in total. The van der Waals surface area contributed by atoms with Gasteiger partial charge in [-0.2, -0.15) is 26.3 Å². The van der Waals surface area contributed by atoms with E-state index in [9.17, 15) is 39.9 Å². The van der Waals surface area contributed by atoms with Crippen LogP contribution >= 0.6 is 0 Å². The zero-order chi connectivity index (χ0) is 16.0. The van der Waals surface area contributed by atoms with Crippen molar-refractivity contribution in [3.8, 4) is 0 Å². The lowest BCUT2D eigenvalue weighted by Crippen LogP contribution is -2.25. The summed E-state index contributed by atoms with van der Waals surface area (Å²) in [5, 5.41) is 0. The van der Waals surface area contributed by atoms with Gasteiger partial charge in [0, 0.05) is 0 Å². The smallest absolute Gasteiger partial charge is 0.431 e. The van der Waals surface area contributed by atoms with Crippen molar-refractivity contribution in [2.75, 3.05) is 13.2 Å². The minimum atomic E-state index is -4.80. The van der Waals surface area contributed by atoms with Crippen LogP contribution in [0.3, 0.4) is 0 Å². The van der Waals surface area contributed by atoms with Gasteiger partial charge in [0.2, 0.25) is 0 Å². The van der Waals surface area contributed by atoms with Crippen LogP contribution in [0.1, 0.15) is 12.8 Å². The third kappa shape index (κ3) is 11.8. The number of rotatable bonds is 6. The molecule has 11 heteroatoms. The minimum absolute atomic E-state index is 1.30. The number of hydrogen-bond acceptors (Lipinski definition) is 3. The summed E-state index contributed by atoms with van der Waals surface area (Å²) in [4.78, 5) is 10.6. The molecule has 0 saturated heterocycles. The maximum atomic E-state index is 12.6. The molecule has 0 aliphatic rings. The molecule has 0 amide bonds. The quantitative estimate of drug-likeness (QED) is 0.553. The number of alkyl halides is 8. The van der Waals surface area contributed by atoms with Crippen LogP contribution in [-0.4, -0.2) is 44.1 Å². The van der Waals surface area contributed by atoms with Crippen LogP contribution in [0.2, 0.25) is 0 Å². The predicted molar refractivity (Wildman–Crippen MR) is 48.4 cm³/mol. The average Bonchev–Trinajstić information content (AvgIpc) is 2.18. The molecule has 0 aromatic carbocycles. The largest absolute Gasteiger partial charge is 0.508 e. The molecule has 2 unspecified atom stereocenters. The topological polar surface area (TPSA) is 35.5 Å². The molecule has 2 atom stereocenters. The van der Waals surface area contributed by atoms with Gasteiger partial charge in [-0.15, -0.1) is 0 Å². The molecule has 0 heterocycles. The monoisotopic (exact) mass is 318 g/mol. The van der Waals surface area contributed by atoms with Gasteiger partial charge < -0.3 is 9.47 Å². The Hall–Kier alpha value is -1.29. The standard InChI is InChI=1S/C9H10F8O3/c10-5(1-8(12,13)14)3-19-7(18)20-4-6(11)2-9(15,16)17/h5-6H,1-4H2. The second-order valence-electron chi connectivity index (χ2n) is 3.71. The molecule has 0 aromatic rings. The maximum absolute atomic E-state index is 12.6. The van der Waals surface area contributed by atoms with Crippen molar-refractivity contribution < 1.29 is 49.4 Å². The van der Waals surface area contributed by atoms with Crippen LogP contribution in [0.4, 0.5) is 39.9 Å². The SMILES string of the molecule is O=C(OCC(F)CC(F)(F)F)OCC(F)CC(F)(F)F. The summed E-state index contributed by atoms with van der Waals surface area (Å²) in [5.41, 5.74) is 0. The van der Waals surface area contributed by atoms with Crippen LogP contribution < -0.4 is 0 Å². The summed E-state index contributed by atoms with van der Waals surface area (Å²) in [5.74, 6) is 0. The van der Waals surface area contributed by atoms with E-state index in [1.54, 1.807) is 0 Å². The van der Waals surface area contributed by atoms with Gasteiger partial charge in [0.1, 0.15) is 25.6 Å². The van der Waals surface area contributed by atoms with Crippen molar-refractivity contribution >= 4 is 6.16 Å². The Balaban J connectivity index is 3.84. The lowest BCUT2D eigenvalue weighted by atomic mass is 10.3. The van der Waals surface area contributed by atoms with Crippen molar-refractivity contribution in [2.45, 2.75) is 37.5 Å². The number of halogens is 8. The van der Waals surface area contributed by atoms with Crippen LogP contribution in [0.5, 0.6) is 0 Å². The van der Waals surface area contributed by atoms with Crippen LogP contribution in [0.15, 0.2) is 0 Å². The third-order valence-electron chi connectivity index (χ3n) is 1.67. The third-order valence-corrected chi connectivity index (χ3v) is 1.67. The summed E-state index contributed by atoms with van der Waals surface area (Å²) in [7, 11) is 0. The minimum Gasteiger partial charge on any atom is -0.431 e. The number of carbonyl (C=O) groups excluding carboxylic acids is 1. The van der Waals surface area contributed by atoms with Crippen molar-refractivity contribution in [3.05, 3.63) is 0 Å². The van der Waals surface area contributed by atoms with Crippen molar-refractivity contribution in [1.82, 2.24) is 0 Å². The Labute approximate surface area is 107 Å². The van der Waals surface area contributed by atoms with E-state index in [1.807, 2.05) is 0 Å². The fourth-order valence-corrected chi connectivity index (χ4v) is 0.979. The Morgan fingerprint density at radius 2 is 1.10 bits per heavy atom. The molecule has 0 saturated carbocycles.